The van der Waals surface area contributed by atoms with Crippen LogP contribution in [-0.4, -0.2) is 25.1 Å². The number of carbonyl (C=O) groups is 1. The Kier molecular flexibility index (Phi) is 5.83. The molecule has 0 spiro atoms. The topological polar surface area (TPSA) is 17.1 Å². The first-order valence-electron chi connectivity index (χ1n) is 5.59. The summed E-state index contributed by atoms with van der Waals surface area (Å²) in [5, 5.41) is 2.61. The van der Waals surface area contributed by atoms with E-state index in [1.807, 2.05) is 19.9 Å². The Labute approximate surface area is 122 Å². The number of aryl methyl sites for hydroxylation is 2. The molecule has 3 heteroatoms. The molecule has 0 aliphatic carbocycles. The predicted molar refractivity (Wildman–Crippen MR) is 82.5 cm³/mol. The second kappa shape index (κ2) is 6.91. The summed E-state index contributed by atoms with van der Waals surface area (Å²) < 4.78 is 0. The van der Waals surface area contributed by atoms with Crippen molar-refractivity contribution in [3.05, 3.63) is 59.2 Å². The summed E-state index contributed by atoms with van der Waals surface area (Å²) in [6.45, 7) is 3.99. The summed E-state index contributed by atoms with van der Waals surface area (Å²) in [6, 6.07) is 14.6. The van der Waals surface area contributed by atoms with Gasteiger partial charge in [0, 0.05) is 5.56 Å². The first kappa shape index (κ1) is 15.2. The van der Waals surface area contributed by atoms with Gasteiger partial charge in [-0.15, -0.1) is 0 Å². The van der Waals surface area contributed by atoms with Gasteiger partial charge in [-0.3, -0.25) is 4.79 Å². The van der Waals surface area contributed by atoms with Crippen LogP contribution in [0, 0.1) is 13.8 Å². The van der Waals surface area contributed by atoms with Crippen LogP contribution in [0.1, 0.15) is 21.5 Å². The molecule has 0 radical (unpaired) electrons. The summed E-state index contributed by atoms with van der Waals surface area (Å²) in [5.41, 5.74) is 2.96. The normalized spacial score (nSPS) is 10.3. The number of carbonyl (C=O) groups excluding carboxylic acids is 1. The molecule has 0 aliphatic rings. The number of benzene rings is 2. The van der Waals surface area contributed by atoms with Crippen LogP contribution in [-0.2, 0) is 0 Å². The molecular weight excluding hydrogens is 234 g/mol. The Bertz CT molecular complexity index is 514. The van der Waals surface area contributed by atoms with Gasteiger partial charge in [0.15, 0.2) is 6.29 Å². The first-order valence-corrected chi connectivity index (χ1v) is 6.59. The zero-order valence-electron chi connectivity index (χ0n) is 10.0. The van der Waals surface area contributed by atoms with Gasteiger partial charge < -0.3 is 0 Å². The van der Waals surface area contributed by atoms with Gasteiger partial charge in [-0.1, -0.05) is 51.0 Å². The molecule has 1 nitrogen and oxygen atoms in total. The van der Waals surface area contributed by atoms with Gasteiger partial charge in [-0.2, -0.15) is 0 Å². The quantitative estimate of drug-likeness (QED) is 0.463. The van der Waals surface area contributed by atoms with E-state index in [2.05, 4.69) is 36.4 Å². The van der Waals surface area contributed by atoms with Gasteiger partial charge in [0.2, 0.25) is 0 Å². The van der Waals surface area contributed by atoms with Crippen molar-refractivity contribution >= 4 is 44.3 Å². The van der Waals surface area contributed by atoms with Gasteiger partial charge >= 0.3 is 18.9 Å². The third-order valence-corrected chi connectivity index (χ3v) is 3.97. The zero-order valence-corrected chi connectivity index (χ0v) is 11.0. The monoisotopic (exact) mass is 250 g/mol. The van der Waals surface area contributed by atoms with E-state index in [4.69, 9.17) is 0 Å². The molecule has 18 heavy (non-hydrogen) atoms. The van der Waals surface area contributed by atoms with E-state index in [1.165, 1.54) is 10.6 Å². The van der Waals surface area contributed by atoms with Crippen molar-refractivity contribution in [1.29, 1.82) is 0 Å². The molecule has 0 bridgehead atoms. The molecule has 2 aromatic rings. The van der Waals surface area contributed by atoms with E-state index < -0.39 is 0 Å². The molecular formula is C15H16LiOP. The second-order valence-electron chi connectivity index (χ2n) is 4.13. The molecule has 0 saturated heterocycles. The summed E-state index contributed by atoms with van der Waals surface area (Å²) in [5.74, 6) is 0. The van der Waals surface area contributed by atoms with E-state index in [0.29, 0.717) is 8.58 Å². The fourth-order valence-electron chi connectivity index (χ4n) is 1.92. The third-order valence-electron chi connectivity index (χ3n) is 2.77. The molecule has 0 amide bonds. The van der Waals surface area contributed by atoms with Crippen LogP contribution in [0.4, 0.5) is 0 Å². The van der Waals surface area contributed by atoms with Crippen molar-refractivity contribution in [1.82, 2.24) is 0 Å². The van der Waals surface area contributed by atoms with Crippen molar-refractivity contribution in [3.63, 3.8) is 0 Å². The van der Waals surface area contributed by atoms with Gasteiger partial charge in [0.25, 0.3) is 0 Å². The summed E-state index contributed by atoms with van der Waals surface area (Å²) in [6.07, 6.45) is 0.945. The van der Waals surface area contributed by atoms with Crippen LogP contribution in [0.15, 0.2) is 42.5 Å². The average molecular weight is 250 g/mol. The van der Waals surface area contributed by atoms with E-state index in [-0.39, 0.29) is 18.9 Å². The number of rotatable bonds is 3. The molecule has 0 saturated carbocycles. The Hall–Kier alpha value is -0.863. The van der Waals surface area contributed by atoms with Gasteiger partial charge in [-0.25, -0.2) is 0 Å². The van der Waals surface area contributed by atoms with Crippen LogP contribution in [0.5, 0.6) is 0 Å². The molecule has 0 fully saturated rings. The van der Waals surface area contributed by atoms with E-state index in [0.717, 1.165) is 23.0 Å². The molecule has 0 heterocycles. The van der Waals surface area contributed by atoms with E-state index in [1.54, 1.807) is 0 Å². The summed E-state index contributed by atoms with van der Waals surface area (Å²) in [7, 11) is 0.651. The van der Waals surface area contributed by atoms with Crippen molar-refractivity contribution < 1.29 is 4.79 Å². The summed E-state index contributed by atoms with van der Waals surface area (Å²) >= 11 is 0. The predicted octanol–water partition coefficient (Wildman–Crippen LogP) is 2.10. The number of hydrogen-bond acceptors (Lipinski definition) is 1. The minimum absolute atomic E-state index is 0. The van der Waals surface area contributed by atoms with Crippen molar-refractivity contribution in [3.8, 4) is 0 Å². The average Bonchev–Trinajstić information content (AvgIpc) is 2.30. The zero-order chi connectivity index (χ0) is 12.3. The fourth-order valence-corrected chi connectivity index (χ4v) is 3.19. The number of hydrogen-bond donors (Lipinski definition) is 0. The molecule has 88 valence electrons. The van der Waals surface area contributed by atoms with Crippen LogP contribution in [0.3, 0.4) is 0 Å². The van der Waals surface area contributed by atoms with Gasteiger partial charge in [0.05, 0.1) is 0 Å². The minimum atomic E-state index is 0. The maximum atomic E-state index is 10.9. The van der Waals surface area contributed by atoms with Crippen LogP contribution in [0.2, 0.25) is 0 Å². The Morgan fingerprint density at radius 3 is 2.00 bits per heavy atom. The second-order valence-corrected chi connectivity index (χ2v) is 5.54. The maximum absolute atomic E-state index is 10.9. The standard InChI is InChI=1S/C15H15OP.Li.H/c1-11-8-14(9-12(2)15(11)10-16)17-13-6-4-3-5-7-13;;/h3-10,17H,1-2H3;;. The molecule has 2 aromatic carbocycles. The Balaban J connectivity index is 0.00000162. The molecule has 0 aromatic heterocycles. The summed E-state index contributed by atoms with van der Waals surface area (Å²) in [4.78, 5) is 10.9. The van der Waals surface area contributed by atoms with Gasteiger partial charge in [-0.05, 0) is 35.6 Å². The van der Waals surface area contributed by atoms with Crippen molar-refractivity contribution in [2.45, 2.75) is 13.8 Å². The molecule has 0 aliphatic heterocycles. The molecule has 1 atom stereocenters. The third kappa shape index (κ3) is 3.56. The molecule has 1 unspecified atom stereocenters. The first-order chi connectivity index (χ1) is 8.20. The molecule has 2 rings (SSSR count). The van der Waals surface area contributed by atoms with Crippen molar-refractivity contribution in [2.75, 3.05) is 0 Å². The number of aldehydes is 1. The van der Waals surface area contributed by atoms with Gasteiger partial charge in [0.1, 0.15) is 0 Å². The van der Waals surface area contributed by atoms with Crippen LogP contribution in [0.25, 0.3) is 0 Å². The van der Waals surface area contributed by atoms with E-state index >= 15 is 0 Å². The van der Waals surface area contributed by atoms with Crippen molar-refractivity contribution in [2.24, 2.45) is 0 Å². The van der Waals surface area contributed by atoms with E-state index in [9.17, 15) is 4.79 Å². The Morgan fingerprint density at radius 1 is 0.944 bits per heavy atom. The Morgan fingerprint density at radius 2 is 1.50 bits per heavy atom. The van der Waals surface area contributed by atoms with Crippen LogP contribution >= 0.6 is 8.58 Å². The van der Waals surface area contributed by atoms with Crippen LogP contribution < -0.4 is 10.6 Å². The fraction of sp³-hybridized carbons (Fsp3) is 0.133. The SMILES string of the molecule is Cc1cc(Pc2ccccc2)cc(C)c1C=O.[LiH]. The molecule has 0 N–H and O–H groups in total.